The summed E-state index contributed by atoms with van der Waals surface area (Å²) < 4.78 is 33.6. The molecule has 0 aromatic heterocycles. The van der Waals surface area contributed by atoms with Gasteiger partial charge in [-0.15, -0.1) is 0 Å². The fourth-order valence-corrected chi connectivity index (χ4v) is 2.66. The molecule has 0 amide bonds. The van der Waals surface area contributed by atoms with E-state index in [9.17, 15) is 8.78 Å². The number of ether oxygens (including phenoxy) is 1. The average Bonchev–Trinajstić information content (AvgIpc) is 3.35. The van der Waals surface area contributed by atoms with Crippen molar-refractivity contribution in [1.29, 1.82) is 0 Å². The van der Waals surface area contributed by atoms with Gasteiger partial charge in [0.05, 0.1) is 0 Å². The van der Waals surface area contributed by atoms with Gasteiger partial charge in [-0.2, -0.15) is 0 Å². The van der Waals surface area contributed by atoms with Crippen LogP contribution in [0.5, 0.6) is 5.75 Å². The van der Waals surface area contributed by atoms with E-state index >= 15 is 0 Å². The first-order valence-electron chi connectivity index (χ1n) is 7.92. The molecule has 0 atom stereocenters. The zero-order chi connectivity index (χ0) is 16.4. The summed E-state index contributed by atoms with van der Waals surface area (Å²) in [5.74, 6) is -0.456. The molecule has 0 heterocycles. The molecule has 0 saturated heterocycles. The van der Waals surface area contributed by atoms with E-state index in [0.717, 1.165) is 30.7 Å². The van der Waals surface area contributed by atoms with Crippen LogP contribution in [0.1, 0.15) is 24.3 Å². The van der Waals surface area contributed by atoms with Crippen molar-refractivity contribution in [2.45, 2.75) is 18.8 Å². The second-order valence-corrected chi connectivity index (χ2v) is 6.28. The smallest absolute Gasteiger partial charge is 0.166 e. The highest BCUT2D eigenvalue weighted by molar-refractivity contribution is 5.70. The van der Waals surface area contributed by atoms with E-state index in [1.807, 2.05) is 31.1 Å². The highest BCUT2D eigenvalue weighted by atomic mass is 19.2. The van der Waals surface area contributed by atoms with E-state index in [4.69, 9.17) is 4.74 Å². The Balaban J connectivity index is 1.83. The van der Waals surface area contributed by atoms with Crippen molar-refractivity contribution >= 4 is 0 Å². The monoisotopic (exact) mass is 317 g/mol. The molecule has 0 aliphatic heterocycles. The number of hydrogen-bond donors (Lipinski definition) is 0. The second kappa shape index (κ2) is 6.67. The molecule has 23 heavy (non-hydrogen) atoms. The van der Waals surface area contributed by atoms with Gasteiger partial charge in [-0.3, -0.25) is 0 Å². The Hall–Kier alpha value is -1.94. The van der Waals surface area contributed by atoms with E-state index in [0.29, 0.717) is 23.7 Å². The summed E-state index contributed by atoms with van der Waals surface area (Å²) in [5.41, 5.74) is 2.00. The maximum Gasteiger partial charge on any atom is 0.166 e. The molecule has 2 aromatic rings. The van der Waals surface area contributed by atoms with E-state index in [1.165, 1.54) is 6.07 Å². The van der Waals surface area contributed by atoms with E-state index < -0.39 is 11.6 Å². The molecule has 0 N–H and O–H groups in total. The third kappa shape index (κ3) is 3.70. The van der Waals surface area contributed by atoms with Gasteiger partial charge in [0.1, 0.15) is 12.4 Å². The predicted molar refractivity (Wildman–Crippen MR) is 87.8 cm³/mol. The largest absolute Gasteiger partial charge is 0.492 e. The summed E-state index contributed by atoms with van der Waals surface area (Å²) in [7, 11) is 3.97. The zero-order valence-corrected chi connectivity index (χ0v) is 13.5. The summed E-state index contributed by atoms with van der Waals surface area (Å²) in [4.78, 5) is 2.04. The van der Waals surface area contributed by atoms with Gasteiger partial charge in [-0.05, 0) is 62.2 Å². The molecular formula is C19H21F2NO. The molecular weight excluding hydrogens is 296 g/mol. The molecule has 2 nitrogen and oxygen atoms in total. The van der Waals surface area contributed by atoms with Crippen LogP contribution in [0.15, 0.2) is 36.4 Å². The maximum absolute atomic E-state index is 14.3. The SMILES string of the molecule is CN(C)CCOc1ccc(-c2c(C3CC3)ccc(F)c2F)cc1. The van der Waals surface area contributed by atoms with E-state index in [2.05, 4.69) is 0 Å². The van der Waals surface area contributed by atoms with Crippen molar-refractivity contribution in [3.63, 3.8) is 0 Å². The van der Waals surface area contributed by atoms with Crippen molar-refractivity contribution in [2.24, 2.45) is 0 Å². The molecule has 4 heteroatoms. The number of hydrogen-bond acceptors (Lipinski definition) is 2. The van der Waals surface area contributed by atoms with Crippen molar-refractivity contribution in [3.05, 3.63) is 53.6 Å². The highest BCUT2D eigenvalue weighted by Gasteiger charge is 2.29. The van der Waals surface area contributed by atoms with Crippen LogP contribution < -0.4 is 4.74 Å². The Morgan fingerprint density at radius 1 is 1.04 bits per heavy atom. The average molecular weight is 317 g/mol. The molecule has 0 unspecified atom stereocenters. The van der Waals surface area contributed by atoms with Crippen molar-refractivity contribution in [2.75, 3.05) is 27.2 Å². The van der Waals surface area contributed by atoms with Crippen LogP contribution in [-0.4, -0.2) is 32.1 Å². The van der Waals surface area contributed by atoms with Gasteiger partial charge in [0.15, 0.2) is 11.6 Å². The normalized spacial score (nSPS) is 14.3. The number of nitrogens with zero attached hydrogens (tertiary/aromatic N) is 1. The van der Waals surface area contributed by atoms with Gasteiger partial charge in [-0.25, -0.2) is 8.78 Å². The Kier molecular flexibility index (Phi) is 4.62. The molecule has 1 aliphatic carbocycles. The van der Waals surface area contributed by atoms with Crippen LogP contribution in [0, 0.1) is 11.6 Å². The molecule has 0 radical (unpaired) electrons. The zero-order valence-electron chi connectivity index (χ0n) is 13.5. The minimum absolute atomic E-state index is 0.358. The first-order valence-corrected chi connectivity index (χ1v) is 7.92. The van der Waals surface area contributed by atoms with Crippen LogP contribution in [0.2, 0.25) is 0 Å². The van der Waals surface area contributed by atoms with Crippen LogP contribution in [0.4, 0.5) is 8.78 Å². The fourth-order valence-electron chi connectivity index (χ4n) is 2.66. The molecule has 122 valence electrons. The van der Waals surface area contributed by atoms with Gasteiger partial charge in [0, 0.05) is 12.1 Å². The number of halogens is 2. The lowest BCUT2D eigenvalue weighted by Crippen LogP contribution is -2.19. The Morgan fingerprint density at radius 3 is 2.35 bits per heavy atom. The molecule has 1 aliphatic rings. The minimum atomic E-state index is -0.796. The van der Waals surface area contributed by atoms with Gasteiger partial charge in [0.25, 0.3) is 0 Å². The first kappa shape index (κ1) is 15.9. The lowest BCUT2D eigenvalue weighted by atomic mass is 9.96. The number of rotatable bonds is 6. The quantitative estimate of drug-likeness (QED) is 0.780. The van der Waals surface area contributed by atoms with Crippen LogP contribution in [-0.2, 0) is 0 Å². The summed E-state index contributed by atoms with van der Waals surface area (Å²) in [6.07, 6.45) is 2.09. The Morgan fingerprint density at radius 2 is 1.74 bits per heavy atom. The predicted octanol–water partition coefficient (Wildman–Crippen LogP) is 4.45. The molecule has 2 aromatic carbocycles. The third-order valence-electron chi connectivity index (χ3n) is 4.09. The summed E-state index contributed by atoms with van der Waals surface area (Å²) in [6.45, 7) is 1.42. The van der Waals surface area contributed by atoms with Crippen LogP contribution in [0.3, 0.4) is 0 Å². The molecule has 0 bridgehead atoms. The highest BCUT2D eigenvalue weighted by Crippen LogP contribution is 2.45. The van der Waals surface area contributed by atoms with Crippen molar-refractivity contribution < 1.29 is 13.5 Å². The minimum Gasteiger partial charge on any atom is -0.492 e. The lowest BCUT2D eigenvalue weighted by Gasteiger charge is -2.13. The molecule has 1 fully saturated rings. The number of likely N-dealkylation sites (N-methyl/N-ethyl adjacent to an activating group) is 1. The van der Waals surface area contributed by atoms with Crippen molar-refractivity contribution in [1.82, 2.24) is 4.90 Å². The van der Waals surface area contributed by atoms with E-state index in [-0.39, 0.29) is 0 Å². The molecule has 1 saturated carbocycles. The van der Waals surface area contributed by atoms with Gasteiger partial charge >= 0.3 is 0 Å². The number of benzene rings is 2. The van der Waals surface area contributed by atoms with Gasteiger partial charge in [-0.1, -0.05) is 18.2 Å². The summed E-state index contributed by atoms with van der Waals surface area (Å²) >= 11 is 0. The lowest BCUT2D eigenvalue weighted by molar-refractivity contribution is 0.261. The molecule has 3 rings (SSSR count). The van der Waals surface area contributed by atoms with E-state index in [1.54, 1.807) is 18.2 Å². The standard InChI is InChI=1S/C19H21F2NO/c1-22(2)11-12-23-15-7-5-14(6-8-15)18-16(13-3-4-13)9-10-17(20)19(18)21/h5-10,13H,3-4,11-12H2,1-2H3. The van der Waals surface area contributed by atoms with Gasteiger partial charge < -0.3 is 9.64 Å². The summed E-state index contributed by atoms with van der Waals surface area (Å²) in [6, 6.07) is 10.2. The maximum atomic E-state index is 14.3. The second-order valence-electron chi connectivity index (χ2n) is 6.28. The third-order valence-corrected chi connectivity index (χ3v) is 4.09. The molecule has 0 spiro atoms. The first-order chi connectivity index (χ1) is 11.1. The van der Waals surface area contributed by atoms with Crippen LogP contribution >= 0.6 is 0 Å². The van der Waals surface area contributed by atoms with Gasteiger partial charge in [0.2, 0.25) is 0 Å². The fraction of sp³-hybridized carbons (Fsp3) is 0.368. The Labute approximate surface area is 135 Å². The summed E-state index contributed by atoms with van der Waals surface area (Å²) in [5, 5.41) is 0. The topological polar surface area (TPSA) is 12.5 Å². The van der Waals surface area contributed by atoms with Crippen LogP contribution in [0.25, 0.3) is 11.1 Å². The Bertz CT molecular complexity index is 679. The van der Waals surface area contributed by atoms with Crippen molar-refractivity contribution in [3.8, 4) is 16.9 Å².